The summed E-state index contributed by atoms with van der Waals surface area (Å²) in [4.78, 5) is 0. The lowest BCUT2D eigenvalue weighted by Gasteiger charge is -1.97. The second kappa shape index (κ2) is 2.27. The van der Waals surface area contributed by atoms with E-state index >= 15 is 0 Å². The largest absolute Gasteiger partial charge is 0.396 e. The van der Waals surface area contributed by atoms with Gasteiger partial charge in [-0.3, -0.25) is 0 Å². The van der Waals surface area contributed by atoms with Crippen molar-refractivity contribution < 1.29 is 13.5 Å². The van der Waals surface area contributed by atoms with Crippen LogP contribution in [0.2, 0.25) is 0 Å². The molecular weight excluding hydrogens is 140 g/mol. The van der Waals surface area contributed by atoms with Crippen LogP contribution in [-0.2, 0) is 9.84 Å². The van der Waals surface area contributed by atoms with E-state index in [9.17, 15) is 8.42 Å². The highest BCUT2D eigenvalue weighted by atomic mass is 32.2. The minimum Gasteiger partial charge on any atom is -0.396 e. The van der Waals surface area contributed by atoms with Gasteiger partial charge in [0.25, 0.3) is 0 Å². The van der Waals surface area contributed by atoms with Crippen molar-refractivity contribution in [3.63, 3.8) is 0 Å². The van der Waals surface area contributed by atoms with Crippen LogP contribution in [0.25, 0.3) is 0 Å². The average molecular weight is 150 g/mol. The van der Waals surface area contributed by atoms with Crippen molar-refractivity contribution in [2.24, 2.45) is 5.92 Å². The predicted octanol–water partition coefficient (Wildman–Crippen LogP) is -0.587. The molecule has 9 heavy (non-hydrogen) atoms. The molecule has 0 unspecified atom stereocenters. The Hall–Kier alpha value is -0.0900. The molecule has 1 aliphatic rings. The molecule has 1 rings (SSSR count). The fraction of sp³-hybridized carbons (Fsp3) is 1.00. The van der Waals surface area contributed by atoms with Gasteiger partial charge < -0.3 is 5.11 Å². The minimum atomic E-state index is -2.77. The number of aliphatic hydroxyl groups excluding tert-OH is 1. The maximum absolute atomic E-state index is 10.7. The van der Waals surface area contributed by atoms with E-state index in [0.717, 1.165) is 0 Å². The van der Waals surface area contributed by atoms with Crippen LogP contribution in [0, 0.1) is 5.92 Å². The van der Waals surface area contributed by atoms with E-state index in [4.69, 9.17) is 5.11 Å². The first-order valence-electron chi connectivity index (χ1n) is 2.95. The van der Waals surface area contributed by atoms with Gasteiger partial charge in [0.1, 0.15) is 0 Å². The lowest BCUT2D eigenvalue weighted by atomic mass is 10.1. The lowest BCUT2D eigenvalue weighted by molar-refractivity contribution is 0.241. The molecule has 1 aliphatic heterocycles. The molecule has 1 N–H and O–H groups in total. The predicted molar refractivity (Wildman–Crippen MR) is 33.8 cm³/mol. The molecule has 54 valence electrons. The summed E-state index contributed by atoms with van der Waals surface area (Å²) in [6.07, 6.45) is 0.638. The number of sulfone groups is 1. The Kier molecular flexibility index (Phi) is 1.77. The van der Waals surface area contributed by atoms with Gasteiger partial charge in [0.2, 0.25) is 0 Å². The summed E-state index contributed by atoms with van der Waals surface area (Å²) in [7, 11) is -2.77. The van der Waals surface area contributed by atoms with Gasteiger partial charge in [-0.1, -0.05) is 0 Å². The van der Waals surface area contributed by atoms with Gasteiger partial charge >= 0.3 is 0 Å². The number of hydrogen-bond donors (Lipinski definition) is 1. The van der Waals surface area contributed by atoms with Crippen molar-refractivity contribution in [3.8, 4) is 0 Å². The van der Waals surface area contributed by atoms with Crippen molar-refractivity contribution in [1.82, 2.24) is 0 Å². The van der Waals surface area contributed by atoms with E-state index in [-0.39, 0.29) is 24.0 Å². The van der Waals surface area contributed by atoms with Crippen LogP contribution in [-0.4, -0.2) is 31.6 Å². The van der Waals surface area contributed by atoms with Crippen LogP contribution in [0.5, 0.6) is 0 Å². The molecule has 0 aromatic rings. The van der Waals surface area contributed by atoms with Crippen LogP contribution in [0.4, 0.5) is 0 Å². The second-order valence-electron chi connectivity index (χ2n) is 2.45. The van der Waals surface area contributed by atoms with Crippen LogP contribution in [0.1, 0.15) is 6.42 Å². The number of hydrogen-bond acceptors (Lipinski definition) is 3. The molecule has 1 fully saturated rings. The van der Waals surface area contributed by atoms with Crippen LogP contribution >= 0.6 is 0 Å². The molecule has 3 nitrogen and oxygen atoms in total. The van der Waals surface area contributed by atoms with Crippen LogP contribution in [0.3, 0.4) is 0 Å². The van der Waals surface area contributed by atoms with Gasteiger partial charge in [0.15, 0.2) is 9.84 Å². The first-order valence-corrected chi connectivity index (χ1v) is 4.77. The molecular formula is C5H10O3S. The fourth-order valence-corrected chi connectivity index (χ4v) is 2.87. The molecule has 4 heteroatoms. The van der Waals surface area contributed by atoms with E-state index in [1.165, 1.54) is 0 Å². The van der Waals surface area contributed by atoms with Crippen LogP contribution in [0.15, 0.2) is 0 Å². The quantitative estimate of drug-likeness (QED) is 0.543. The van der Waals surface area contributed by atoms with E-state index in [2.05, 4.69) is 0 Å². The first-order chi connectivity index (χ1) is 4.14. The van der Waals surface area contributed by atoms with Crippen LogP contribution < -0.4 is 0 Å². The van der Waals surface area contributed by atoms with Gasteiger partial charge in [-0.25, -0.2) is 8.42 Å². The Morgan fingerprint density at radius 1 is 1.56 bits per heavy atom. The zero-order valence-electron chi connectivity index (χ0n) is 5.08. The minimum absolute atomic E-state index is 0.00926. The molecule has 0 aromatic carbocycles. The Balaban J connectivity index is 2.58. The van der Waals surface area contributed by atoms with Gasteiger partial charge in [0.05, 0.1) is 11.5 Å². The molecule has 1 heterocycles. The molecule has 1 atom stereocenters. The highest BCUT2D eigenvalue weighted by molar-refractivity contribution is 7.91. The molecule has 0 aromatic heterocycles. The summed E-state index contributed by atoms with van der Waals surface area (Å²) in [6.45, 7) is 0.0131. The monoisotopic (exact) mass is 150 g/mol. The zero-order chi connectivity index (χ0) is 6.91. The Labute approximate surface area is 54.6 Å². The summed E-state index contributed by atoms with van der Waals surface area (Å²) in [5, 5.41) is 8.53. The SMILES string of the molecule is O=S1(=O)CC[C@H](CO)C1. The molecule has 0 amide bonds. The summed E-state index contributed by atoms with van der Waals surface area (Å²) < 4.78 is 21.4. The third kappa shape index (κ3) is 1.66. The summed E-state index contributed by atoms with van der Waals surface area (Å²) in [5.41, 5.74) is 0. The Morgan fingerprint density at radius 2 is 2.22 bits per heavy atom. The summed E-state index contributed by atoms with van der Waals surface area (Å²) in [6, 6.07) is 0. The molecule has 0 saturated carbocycles. The highest BCUT2D eigenvalue weighted by Crippen LogP contribution is 2.16. The van der Waals surface area contributed by atoms with Crippen molar-refractivity contribution in [1.29, 1.82) is 0 Å². The number of rotatable bonds is 1. The smallest absolute Gasteiger partial charge is 0.150 e. The van der Waals surface area contributed by atoms with Crippen molar-refractivity contribution in [2.45, 2.75) is 6.42 Å². The second-order valence-corrected chi connectivity index (χ2v) is 4.68. The van der Waals surface area contributed by atoms with Gasteiger partial charge in [-0.15, -0.1) is 0 Å². The first kappa shape index (κ1) is 7.02. The Bertz CT molecular complexity index is 182. The fourth-order valence-electron chi connectivity index (χ4n) is 1.02. The van der Waals surface area contributed by atoms with Crippen molar-refractivity contribution in [2.75, 3.05) is 18.1 Å². The van der Waals surface area contributed by atoms with Crippen molar-refractivity contribution >= 4 is 9.84 Å². The van der Waals surface area contributed by atoms with Gasteiger partial charge in [0, 0.05) is 6.61 Å². The molecule has 0 bridgehead atoms. The van der Waals surface area contributed by atoms with E-state index in [0.29, 0.717) is 6.42 Å². The molecule has 0 spiro atoms. The standard InChI is InChI=1S/C5H10O3S/c6-3-5-1-2-9(7,8)4-5/h5-6H,1-4H2/t5-/m1/s1. The van der Waals surface area contributed by atoms with E-state index in [1.807, 2.05) is 0 Å². The molecule has 1 saturated heterocycles. The highest BCUT2D eigenvalue weighted by Gasteiger charge is 2.26. The lowest BCUT2D eigenvalue weighted by Crippen LogP contribution is -2.07. The molecule has 0 radical (unpaired) electrons. The van der Waals surface area contributed by atoms with E-state index < -0.39 is 9.84 Å². The van der Waals surface area contributed by atoms with Gasteiger partial charge in [-0.05, 0) is 12.3 Å². The third-order valence-corrected chi connectivity index (χ3v) is 3.42. The summed E-state index contributed by atoms with van der Waals surface area (Å²) >= 11 is 0. The third-order valence-electron chi connectivity index (χ3n) is 1.58. The van der Waals surface area contributed by atoms with Gasteiger partial charge in [-0.2, -0.15) is 0 Å². The van der Waals surface area contributed by atoms with Crippen molar-refractivity contribution in [3.05, 3.63) is 0 Å². The Morgan fingerprint density at radius 3 is 2.44 bits per heavy atom. The average Bonchev–Trinajstić information content (AvgIpc) is 2.10. The zero-order valence-corrected chi connectivity index (χ0v) is 5.89. The molecule has 0 aliphatic carbocycles. The normalized spacial score (nSPS) is 32.8. The summed E-state index contributed by atoms with van der Waals surface area (Å²) in [5.74, 6) is 0.455. The number of aliphatic hydroxyl groups is 1. The topological polar surface area (TPSA) is 54.4 Å². The van der Waals surface area contributed by atoms with E-state index in [1.54, 1.807) is 0 Å². The maximum Gasteiger partial charge on any atom is 0.150 e. The maximum atomic E-state index is 10.7.